The summed E-state index contributed by atoms with van der Waals surface area (Å²) in [4.78, 5) is 28.4. The van der Waals surface area contributed by atoms with Gasteiger partial charge in [-0.3, -0.25) is 9.59 Å². The molecule has 0 radical (unpaired) electrons. The summed E-state index contributed by atoms with van der Waals surface area (Å²) in [6, 6.07) is 21.3. The lowest BCUT2D eigenvalue weighted by molar-refractivity contribution is -0.131. The number of hydrogen-bond donors (Lipinski definition) is 0. The molecule has 0 aliphatic carbocycles. The molecule has 5 heteroatoms. The lowest BCUT2D eigenvalue weighted by Gasteiger charge is -2.30. The second-order valence-corrected chi connectivity index (χ2v) is 9.74. The summed E-state index contributed by atoms with van der Waals surface area (Å²) in [5, 5.41) is 0.878. The van der Waals surface area contributed by atoms with Crippen molar-refractivity contribution in [1.29, 1.82) is 0 Å². The molecule has 0 N–H and O–H groups in total. The van der Waals surface area contributed by atoms with Gasteiger partial charge in [-0.05, 0) is 72.4 Å². The van der Waals surface area contributed by atoms with Crippen LogP contribution in [0.5, 0.6) is 0 Å². The molecular formula is C30H27Cl2NO2. The number of nitrogens with zero attached hydrogens (tertiary/aromatic N) is 1. The van der Waals surface area contributed by atoms with Gasteiger partial charge in [-0.25, -0.2) is 0 Å². The molecule has 3 aromatic carbocycles. The van der Waals surface area contributed by atoms with Gasteiger partial charge in [0.1, 0.15) is 0 Å². The highest BCUT2D eigenvalue weighted by molar-refractivity contribution is 6.42. The van der Waals surface area contributed by atoms with Crippen molar-refractivity contribution in [2.24, 2.45) is 0 Å². The smallest absolute Gasteiger partial charge is 0.223 e. The molecule has 178 valence electrons. The Balaban J connectivity index is 1.64. The molecular weight excluding hydrogens is 477 g/mol. The summed E-state index contributed by atoms with van der Waals surface area (Å²) in [6.45, 7) is 4.66. The van der Waals surface area contributed by atoms with Gasteiger partial charge in [-0.15, -0.1) is 0 Å². The van der Waals surface area contributed by atoms with Gasteiger partial charge in [-0.2, -0.15) is 0 Å². The molecule has 0 aromatic heterocycles. The minimum atomic E-state index is -0.0543. The number of hydrogen-bond acceptors (Lipinski definition) is 2. The van der Waals surface area contributed by atoms with Crippen LogP contribution in [0.25, 0.3) is 12.2 Å². The first-order chi connectivity index (χ1) is 16.8. The van der Waals surface area contributed by atoms with Crippen LogP contribution in [0.15, 0.2) is 77.9 Å². The Labute approximate surface area is 216 Å². The van der Waals surface area contributed by atoms with Gasteiger partial charge < -0.3 is 4.90 Å². The number of amides is 1. The van der Waals surface area contributed by atoms with Gasteiger partial charge in [0.2, 0.25) is 5.91 Å². The number of rotatable bonds is 5. The van der Waals surface area contributed by atoms with Crippen molar-refractivity contribution in [3.05, 3.63) is 116 Å². The highest BCUT2D eigenvalue weighted by Gasteiger charge is 2.29. The molecule has 35 heavy (non-hydrogen) atoms. The van der Waals surface area contributed by atoms with E-state index in [1.165, 1.54) is 5.56 Å². The Morgan fingerprint density at radius 3 is 2.09 bits per heavy atom. The largest absolute Gasteiger partial charge is 0.334 e. The maximum atomic E-state index is 13.5. The maximum absolute atomic E-state index is 13.5. The number of aryl methyl sites for hydroxylation is 3. The van der Waals surface area contributed by atoms with Gasteiger partial charge in [0, 0.05) is 30.7 Å². The summed E-state index contributed by atoms with van der Waals surface area (Å²) in [5.41, 5.74) is 6.34. The van der Waals surface area contributed by atoms with Crippen molar-refractivity contribution in [2.75, 3.05) is 13.1 Å². The average molecular weight is 504 g/mol. The van der Waals surface area contributed by atoms with E-state index in [0.29, 0.717) is 34.0 Å². The number of Topliss-reactive ketones (excluding diaryl/α,β-unsaturated/α-hetero) is 1. The molecule has 0 bridgehead atoms. The molecule has 1 saturated heterocycles. The number of ketones is 1. The highest BCUT2D eigenvalue weighted by Crippen LogP contribution is 2.27. The molecule has 3 nitrogen and oxygen atoms in total. The molecule has 0 spiro atoms. The van der Waals surface area contributed by atoms with E-state index >= 15 is 0 Å². The molecule has 0 unspecified atom stereocenters. The van der Waals surface area contributed by atoms with Gasteiger partial charge in [-0.1, -0.05) is 77.8 Å². The minimum Gasteiger partial charge on any atom is -0.334 e. The monoisotopic (exact) mass is 503 g/mol. The highest BCUT2D eigenvalue weighted by atomic mass is 35.5. The van der Waals surface area contributed by atoms with E-state index in [-0.39, 0.29) is 24.8 Å². The van der Waals surface area contributed by atoms with Crippen molar-refractivity contribution in [3.63, 3.8) is 0 Å². The lowest BCUT2D eigenvalue weighted by Crippen LogP contribution is -2.41. The maximum Gasteiger partial charge on any atom is 0.223 e. The first-order valence-electron chi connectivity index (χ1n) is 11.6. The summed E-state index contributed by atoms with van der Waals surface area (Å²) >= 11 is 12.2. The Kier molecular flexibility index (Phi) is 7.90. The van der Waals surface area contributed by atoms with Crippen molar-refractivity contribution >= 4 is 47.0 Å². The normalized spacial score (nSPS) is 16.2. The molecule has 1 amide bonds. The third-order valence-corrected chi connectivity index (χ3v) is 7.02. The summed E-state index contributed by atoms with van der Waals surface area (Å²) in [5.74, 6) is -0.0335. The standard InChI is InChI=1S/C30H27Cl2NO2/c1-20-8-9-23(14-21(20)2)15-25-18-33(29(34)13-11-22-6-4-3-5-7-22)19-26(30(25)35)16-24-10-12-27(31)28(32)17-24/h3-10,12,14-17H,11,13,18-19H2,1-2H3/b25-15+,26-16+. The zero-order valence-corrected chi connectivity index (χ0v) is 21.4. The summed E-state index contributed by atoms with van der Waals surface area (Å²) in [7, 11) is 0. The minimum absolute atomic E-state index is 0.0207. The van der Waals surface area contributed by atoms with E-state index in [9.17, 15) is 9.59 Å². The summed E-state index contributed by atoms with van der Waals surface area (Å²) in [6.07, 6.45) is 4.74. The molecule has 1 aliphatic heterocycles. The number of carbonyl (C=O) groups excluding carboxylic acids is 2. The zero-order chi connectivity index (χ0) is 24.9. The van der Waals surface area contributed by atoms with Crippen LogP contribution in [-0.2, 0) is 16.0 Å². The van der Waals surface area contributed by atoms with Gasteiger partial charge in [0.25, 0.3) is 0 Å². The predicted octanol–water partition coefficient (Wildman–Crippen LogP) is 7.12. The van der Waals surface area contributed by atoms with E-state index in [0.717, 1.165) is 22.3 Å². The van der Waals surface area contributed by atoms with Crippen molar-refractivity contribution in [1.82, 2.24) is 4.90 Å². The number of halogens is 2. The quantitative estimate of drug-likeness (QED) is 0.347. The second-order valence-electron chi connectivity index (χ2n) is 8.92. The Hall–Kier alpha value is -3.14. The summed E-state index contributed by atoms with van der Waals surface area (Å²) < 4.78 is 0. The Bertz CT molecular complexity index is 1250. The third-order valence-electron chi connectivity index (χ3n) is 6.29. The van der Waals surface area contributed by atoms with Crippen molar-refractivity contribution in [3.8, 4) is 0 Å². The van der Waals surface area contributed by atoms with E-state index in [1.807, 2.05) is 54.6 Å². The fourth-order valence-electron chi connectivity index (χ4n) is 4.13. The van der Waals surface area contributed by atoms with Crippen LogP contribution >= 0.6 is 23.2 Å². The SMILES string of the molecule is Cc1ccc(/C=C2\CN(C(=O)CCc3ccccc3)C/C(=C\c3ccc(Cl)c(Cl)c3)C2=O)cc1C. The fourth-order valence-corrected chi connectivity index (χ4v) is 4.44. The number of benzene rings is 3. The molecule has 1 heterocycles. The van der Waals surface area contributed by atoms with Gasteiger partial charge in [0.15, 0.2) is 5.78 Å². The third kappa shape index (κ3) is 6.30. The van der Waals surface area contributed by atoms with Gasteiger partial charge in [0.05, 0.1) is 10.0 Å². The molecule has 0 atom stereocenters. The van der Waals surface area contributed by atoms with Crippen LogP contribution in [0.3, 0.4) is 0 Å². The fraction of sp³-hybridized carbons (Fsp3) is 0.200. The molecule has 4 rings (SSSR count). The van der Waals surface area contributed by atoms with Gasteiger partial charge >= 0.3 is 0 Å². The van der Waals surface area contributed by atoms with Crippen LogP contribution in [0.2, 0.25) is 10.0 Å². The number of carbonyl (C=O) groups is 2. The van der Waals surface area contributed by atoms with Crippen molar-refractivity contribution < 1.29 is 9.59 Å². The molecule has 3 aromatic rings. The molecule has 1 aliphatic rings. The lowest BCUT2D eigenvalue weighted by atomic mass is 9.93. The van der Waals surface area contributed by atoms with Crippen LogP contribution in [0.4, 0.5) is 0 Å². The topological polar surface area (TPSA) is 37.4 Å². The first kappa shape index (κ1) is 25.0. The van der Waals surface area contributed by atoms with E-state index in [2.05, 4.69) is 19.9 Å². The van der Waals surface area contributed by atoms with Crippen LogP contribution < -0.4 is 0 Å². The molecule has 0 saturated carbocycles. The Morgan fingerprint density at radius 1 is 0.829 bits per heavy atom. The van der Waals surface area contributed by atoms with E-state index < -0.39 is 0 Å². The molecule has 1 fully saturated rings. The average Bonchev–Trinajstić information content (AvgIpc) is 2.85. The van der Waals surface area contributed by atoms with E-state index in [1.54, 1.807) is 23.1 Å². The van der Waals surface area contributed by atoms with Crippen molar-refractivity contribution in [2.45, 2.75) is 26.7 Å². The second kappa shape index (κ2) is 11.1. The van der Waals surface area contributed by atoms with E-state index in [4.69, 9.17) is 23.2 Å². The van der Waals surface area contributed by atoms with Crippen LogP contribution in [0, 0.1) is 13.8 Å². The number of likely N-dealkylation sites (tertiary alicyclic amines) is 1. The van der Waals surface area contributed by atoms with Crippen LogP contribution in [-0.4, -0.2) is 29.7 Å². The van der Waals surface area contributed by atoms with Crippen LogP contribution in [0.1, 0.15) is 34.2 Å². The Morgan fingerprint density at radius 2 is 1.46 bits per heavy atom. The number of piperidine rings is 1. The first-order valence-corrected chi connectivity index (χ1v) is 12.4. The predicted molar refractivity (Wildman–Crippen MR) is 145 cm³/mol. The zero-order valence-electron chi connectivity index (χ0n) is 19.9.